The lowest BCUT2D eigenvalue weighted by molar-refractivity contribution is 0.244. The summed E-state index contributed by atoms with van der Waals surface area (Å²) in [6.45, 7) is 2.66. The minimum absolute atomic E-state index is 0.184. The van der Waals surface area contributed by atoms with Crippen molar-refractivity contribution in [3.63, 3.8) is 0 Å². The lowest BCUT2D eigenvalue weighted by Gasteiger charge is -2.05. The highest BCUT2D eigenvalue weighted by atomic mass is 16.2. The molecule has 0 fully saturated rings. The van der Waals surface area contributed by atoms with Crippen LogP contribution in [-0.4, -0.2) is 12.6 Å². The fourth-order valence-electron chi connectivity index (χ4n) is 2.00. The van der Waals surface area contributed by atoms with Gasteiger partial charge in [-0.3, -0.25) is 0 Å². The molecule has 108 valence electrons. The number of nitrogens with one attached hydrogen (secondary N) is 2. The van der Waals surface area contributed by atoms with Crippen LogP contribution in [-0.2, 0) is 6.42 Å². The zero-order valence-electron chi connectivity index (χ0n) is 12.2. The second-order valence-corrected chi connectivity index (χ2v) is 4.83. The number of aryl methyl sites for hydroxylation is 1. The predicted molar refractivity (Wildman–Crippen MR) is 86.9 cm³/mol. The Hall–Kier alpha value is -2.55. The molecule has 0 heterocycles. The summed E-state index contributed by atoms with van der Waals surface area (Å²) in [5, 5.41) is 5.54. The Balaban J connectivity index is 1.71. The fraction of sp³-hybridized carbons (Fsp3) is 0.167. The summed E-state index contributed by atoms with van der Waals surface area (Å²) in [5.74, 6) is 0. The second-order valence-electron chi connectivity index (χ2n) is 4.83. The Kier molecular flexibility index (Phi) is 5.59. The summed E-state index contributed by atoms with van der Waals surface area (Å²) >= 11 is 0. The average Bonchev–Trinajstić information content (AvgIpc) is 2.50. The molecule has 0 unspecified atom stereocenters. The molecule has 2 N–H and O–H groups in total. The van der Waals surface area contributed by atoms with Gasteiger partial charge in [-0.1, -0.05) is 54.6 Å². The van der Waals surface area contributed by atoms with E-state index in [2.05, 4.69) is 22.8 Å². The molecule has 3 nitrogen and oxygen atoms in total. The van der Waals surface area contributed by atoms with Crippen LogP contribution in [0, 0.1) is 6.92 Å². The van der Waals surface area contributed by atoms with E-state index < -0.39 is 0 Å². The highest BCUT2D eigenvalue weighted by molar-refractivity contribution is 5.76. The number of hydrogen-bond acceptors (Lipinski definition) is 1. The Bertz CT molecular complexity index is 606. The third kappa shape index (κ3) is 5.15. The van der Waals surface area contributed by atoms with Crippen molar-refractivity contribution in [2.24, 2.45) is 0 Å². The van der Waals surface area contributed by atoms with E-state index in [0.717, 1.165) is 12.0 Å². The highest BCUT2D eigenvalue weighted by Crippen LogP contribution is 2.07. The molecule has 2 aromatic carbocycles. The molecule has 0 aliphatic heterocycles. The summed E-state index contributed by atoms with van der Waals surface area (Å²) < 4.78 is 0. The smallest absolute Gasteiger partial charge is 0.318 e. The highest BCUT2D eigenvalue weighted by Gasteiger charge is 1.97. The number of amides is 2. The van der Waals surface area contributed by atoms with Crippen molar-refractivity contribution in [1.82, 2.24) is 10.6 Å². The van der Waals surface area contributed by atoms with Gasteiger partial charge in [0.25, 0.3) is 0 Å². The molecule has 0 saturated heterocycles. The van der Waals surface area contributed by atoms with Crippen molar-refractivity contribution in [1.29, 1.82) is 0 Å². The maximum atomic E-state index is 11.6. The number of carbonyl (C=O) groups is 1. The van der Waals surface area contributed by atoms with Gasteiger partial charge in [-0.15, -0.1) is 0 Å². The van der Waals surface area contributed by atoms with Crippen LogP contribution in [0.15, 0.2) is 60.8 Å². The van der Waals surface area contributed by atoms with Gasteiger partial charge in [0.15, 0.2) is 0 Å². The molecular weight excluding hydrogens is 260 g/mol. The maximum Gasteiger partial charge on any atom is 0.318 e. The van der Waals surface area contributed by atoms with Crippen LogP contribution in [0.3, 0.4) is 0 Å². The molecule has 2 rings (SSSR count). The second kappa shape index (κ2) is 7.90. The topological polar surface area (TPSA) is 41.1 Å². The molecule has 0 atom stereocenters. The van der Waals surface area contributed by atoms with Crippen LogP contribution in [0.2, 0.25) is 0 Å². The molecule has 0 aliphatic carbocycles. The van der Waals surface area contributed by atoms with E-state index in [0.29, 0.717) is 6.54 Å². The minimum atomic E-state index is -0.184. The summed E-state index contributed by atoms with van der Waals surface area (Å²) in [6, 6.07) is 17.9. The van der Waals surface area contributed by atoms with E-state index in [4.69, 9.17) is 0 Å². The van der Waals surface area contributed by atoms with Crippen LogP contribution < -0.4 is 10.6 Å². The zero-order chi connectivity index (χ0) is 14.9. The van der Waals surface area contributed by atoms with Gasteiger partial charge in [-0.05, 0) is 36.1 Å². The van der Waals surface area contributed by atoms with E-state index in [1.54, 1.807) is 6.20 Å². The van der Waals surface area contributed by atoms with E-state index in [1.165, 1.54) is 11.1 Å². The Labute approximate surface area is 125 Å². The lowest BCUT2D eigenvalue weighted by atomic mass is 10.1. The van der Waals surface area contributed by atoms with Gasteiger partial charge in [-0.2, -0.15) is 0 Å². The van der Waals surface area contributed by atoms with Gasteiger partial charge in [0.1, 0.15) is 0 Å². The fourth-order valence-corrected chi connectivity index (χ4v) is 2.00. The standard InChI is InChI=1S/C18H20N2O/c1-15-7-5-6-10-17(15)12-14-20-18(21)19-13-11-16-8-3-2-4-9-16/h2-10,12,14H,11,13H2,1H3,(H2,19,20,21)/b14-12+. The molecule has 0 radical (unpaired) electrons. The van der Waals surface area contributed by atoms with E-state index >= 15 is 0 Å². The Morgan fingerprint density at radius 2 is 1.76 bits per heavy atom. The van der Waals surface area contributed by atoms with Crippen molar-refractivity contribution in [2.75, 3.05) is 6.54 Å². The first-order valence-electron chi connectivity index (χ1n) is 7.06. The molecule has 0 aliphatic rings. The number of urea groups is 1. The van der Waals surface area contributed by atoms with Crippen LogP contribution in [0.25, 0.3) is 6.08 Å². The normalized spacial score (nSPS) is 10.5. The van der Waals surface area contributed by atoms with E-state index in [9.17, 15) is 4.79 Å². The lowest BCUT2D eigenvalue weighted by Crippen LogP contribution is -2.33. The molecule has 21 heavy (non-hydrogen) atoms. The number of rotatable bonds is 5. The van der Waals surface area contributed by atoms with Gasteiger partial charge in [-0.25, -0.2) is 4.79 Å². The third-order valence-corrected chi connectivity index (χ3v) is 3.21. The minimum Gasteiger partial charge on any atom is -0.338 e. The first kappa shape index (κ1) is 14.9. The molecule has 3 heteroatoms. The van der Waals surface area contributed by atoms with Gasteiger partial charge in [0.05, 0.1) is 0 Å². The van der Waals surface area contributed by atoms with Gasteiger partial charge in [0.2, 0.25) is 0 Å². The largest absolute Gasteiger partial charge is 0.338 e. The summed E-state index contributed by atoms with van der Waals surface area (Å²) in [7, 11) is 0. The molecule has 0 spiro atoms. The van der Waals surface area contributed by atoms with Crippen molar-refractivity contribution >= 4 is 12.1 Å². The van der Waals surface area contributed by atoms with Crippen LogP contribution in [0.1, 0.15) is 16.7 Å². The Morgan fingerprint density at radius 1 is 1.05 bits per heavy atom. The zero-order valence-corrected chi connectivity index (χ0v) is 12.2. The molecule has 0 saturated carbocycles. The van der Waals surface area contributed by atoms with Crippen molar-refractivity contribution < 1.29 is 4.79 Å². The van der Waals surface area contributed by atoms with Gasteiger partial charge < -0.3 is 10.6 Å². The van der Waals surface area contributed by atoms with Gasteiger partial charge >= 0.3 is 6.03 Å². The predicted octanol–water partition coefficient (Wildman–Crippen LogP) is 3.51. The van der Waals surface area contributed by atoms with Crippen LogP contribution in [0.5, 0.6) is 0 Å². The number of benzene rings is 2. The van der Waals surface area contributed by atoms with Crippen molar-refractivity contribution in [3.8, 4) is 0 Å². The first-order chi connectivity index (χ1) is 10.3. The van der Waals surface area contributed by atoms with Crippen LogP contribution in [0.4, 0.5) is 4.79 Å². The molecule has 0 aromatic heterocycles. The molecule has 2 amide bonds. The van der Waals surface area contributed by atoms with Crippen molar-refractivity contribution in [3.05, 3.63) is 77.5 Å². The summed E-state index contributed by atoms with van der Waals surface area (Å²) in [6.07, 6.45) is 4.39. The average molecular weight is 280 g/mol. The quantitative estimate of drug-likeness (QED) is 0.864. The van der Waals surface area contributed by atoms with Crippen LogP contribution >= 0.6 is 0 Å². The summed E-state index contributed by atoms with van der Waals surface area (Å²) in [5.41, 5.74) is 3.50. The maximum absolute atomic E-state index is 11.6. The molecule has 0 bridgehead atoms. The van der Waals surface area contributed by atoms with Crippen molar-refractivity contribution in [2.45, 2.75) is 13.3 Å². The number of carbonyl (C=O) groups excluding carboxylic acids is 1. The SMILES string of the molecule is Cc1ccccc1/C=C/NC(=O)NCCc1ccccc1. The first-order valence-corrected chi connectivity index (χ1v) is 7.06. The monoisotopic (exact) mass is 280 g/mol. The molecule has 2 aromatic rings. The molecular formula is C18H20N2O. The third-order valence-electron chi connectivity index (χ3n) is 3.21. The number of hydrogen-bond donors (Lipinski definition) is 2. The summed E-state index contributed by atoms with van der Waals surface area (Å²) in [4.78, 5) is 11.6. The van der Waals surface area contributed by atoms with Gasteiger partial charge in [0, 0.05) is 12.7 Å². The van der Waals surface area contributed by atoms with E-state index in [-0.39, 0.29) is 6.03 Å². The Morgan fingerprint density at radius 3 is 2.52 bits per heavy atom. The van der Waals surface area contributed by atoms with E-state index in [1.807, 2.05) is 55.5 Å².